The highest BCUT2D eigenvalue weighted by molar-refractivity contribution is 5.87. The molecular formula is C10H19N3O3. The number of nitrogens with two attached hydrogens (primary N) is 2. The molecule has 16 heavy (non-hydrogen) atoms. The van der Waals surface area contributed by atoms with E-state index < -0.39 is 5.97 Å². The third-order valence-electron chi connectivity index (χ3n) is 2.63. The fourth-order valence-electron chi connectivity index (χ4n) is 1.75. The van der Waals surface area contributed by atoms with E-state index in [-0.39, 0.29) is 17.7 Å². The first-order valence-corrected chi connectivity index (χ1v) is 5.40. The molecule has 5 N–H and O–H groups in total. The summed E-state index contributed by atoms with van der Waals surface area (Å²) in [4.78, 5) is 11.2. The highest BCUT2D eigenvalue weighted by Gasteiger charge is 2.19. The van der Waals surface area contributed by atoms with Gasteiger partial charge in [-0.25, -0.2) is 4.79 Å². The highest BCUT2D eigenvalue weighted by Crippen LogP contribution is 2.21. The first kappa shape index (κ1) is 12.6. The van der Waals surface area contributed by atoms with Crippen LogP contribution in [0.4, 0.5) is 0 Å². The molecule has 0 aromatic rings. The Morgan fingerprint density at radius 2 is 1.94 bits per heavy atom. The Labute approximate surface area is 94.9 Å². The molecule has 0 aliphatic heterocycles. The average molecular weight is 229 g/mol. The van der Waals surface area contributed by atoms with Gasteiger partial charge in [-0.15, -0.1) is 0 Å². The van der Waals surface area contributed by atoms with Gasteiger partial charge in [0.05, 0.1) is 7.11 Å². The standard InChI is InChI=1S/C10H19N3O3/c1-15-10(14)8(13-12)9(11)16-7-5-3-2-4-6-7/h7,13H,2-6,11-12H2,1H3/b9-8+. The summed E-state index contributed by atoms with van der Waals surface area (Å²) in [6.07, 6.45) is 5.46. The Kier molecular flexibility index (Phi) is 4.91. The third-order valence-corrected chi connectivity index (χ3v) is 2.63. The number of esters is 1. The van der Waals surface area contributed by atoms with Gasteiger partial charge in [0, 0.05) is 0 Å². The maximum absolute atomic E-state index is 11.2. The summed E-state index contributed by atoms with van der Waals surface area (Å²) >= 11 is 0. The Morgan fingerprint density at radius 3 is 2.44 bits per heavy atom. The van der Waals surface area contributed by atoms with Crippen LogP contribution in [0.3, 0.4) is 0 Å². The van der Waals surface area contributed by atoms with Crippen LogP contribution in [0.15, 0.2) is 11.6 Å². The van der Waals surface area contributed by atoms with E-state index >= 15 is 0 Å². The van der Waals surface area contributed by atoms with Gasteiger partial charge in [-0.1, -0.05) is 6.42 Å². The van der Waals surface area contributed by atoms with Gasteiger partial charge in [0.1, 0.15) is 6.10 Å². The van der Waals surface area contributed by atoms with Crippen molar-refractivity contribution in [3.63, 3.8) is 0 Å². The Morgan fingerprint density at radius 1 is 1.31 bits per heavy atom. The van der Waals surface area contributed by atoms with Gasteiger partial charge in [0.25, 0.3) is 0 Å². The first-order valence-electron chi connectivity index (χ1n) is 5.40. The van der Waals surface area contributed by atoms with Gasteiger partial charge in [-0.2, -0.15) is 0 Å². The molecule has 0 aromatic carbocycles. The smallest absolute Gasteiger partial charge is 0.361 e. The normalized spacial score (nSPS) is 18.6. The van der Waals surface area contributed by atoms with Gasteiger partial charge < -0.3 is 20.6 Å². The Hall–Kier alpha value is -1.43. The lowest BCUT2D eigenvalue weighted by molar-refractivity contribution is -0.137. The number of hydrogen-bond donors (Lipinski definition) is 3. The van der Waals surface area contributed by atoms with Crippen molar-refractivity contribution < 1.29 is 14.3 Å². The molecule has 1 aliphatic carbocycles. The number of nitrogens with one attached hydrogen (secondary N) is 1. The lowest BCUT2D eigenvalue weighted by atomic mass is 9.98. The zero-order valence-electron chi connectivity index (χ0n) is 9.49. The minimum absolute atomic E-state index is 0.00116. The molecule has 1 rings (SSSR count). The van der Waals surface area contributed by atoms with Gasteiger partial charge >= 0.3 is 5.97 Å². The van der Waals surface area contributed by atoms with Gasteiger partial charge in [-0.3, -0.25) is 5.84 Å². The van der Waals surface area contributed by atoms with Crippen LogP contribution in [0, 0.1) is 0 Å². The molecular weight excluding hydrogens is 210 g/mol. The van der Waals surface area contributed by atoms with Crippen LogP contribution in [0.1, 0.15) is 32.1 Å². The number of hydrazine groups is 1. The predicted molar refractivity (Wildman–Crippen MR) is 58.5 cm³/mol. The molecule has 0 bridgehead atoms. The van der Waals surface area contributed by atoms with E-state index in [0.29, 0.717) is 0 Å². The quantitative estimate of drug-likeness (QED) is 0.208. The van der Waals surface area contributed by atoms with Crippen molar-refractivity contribution in [1.29, 1.82) is 0 Å². The molecule has 0 aromatic heterocycles. The summed E-state index contributed by atoms with van der Waals surface area (Å²) in [7, 11) is 1.26. The monoisotopic (exact) mass is 229 g/mol. The molecule has 0 radical (unpaired) electrons. The van der Waals surface area contributed by atoms with E-state index in [4.69, 9.17) is 16.3 Å². The number of carbonyl (C=O) groups excluding carboxylic acids is 1. The van der Waals surface area contributed by atoms with Crippen molar-refractivity contribution in [2.75, 3.05) is 7.11 Å². The fraction of sp³-hybridized carbons (Fsp3) is 0.700. The molecule has 0 amide bonds. The summed E-state index contributed by atoms with van der Waals surface area (Å²) in [5.41, 5.74) is 7.81. The van der Waals surface area contributed by atoms with Crippen molar-refractivity contribution in [3.8, 4) is 0 Å². The molecule has 0 saturated heterocycles. The number of carbonyl (C=O) groups is 1. The summed E-state index contributed by atoms with van der Waals surface area (Å²) < 4.78 is 10.00. The maximum Gasteiger partial charge on any atom is 0.361 e. The lowest BCUT2D eigenvalue weighted by Crippen LogP contribution is -2.33. The van der Waals surface area contributed by atoms with E-state index in [1.807, 2.05) is 0 Å². The van der Waals surface area contributed by atoms with Crippen molar-refractivity contribution in [1.82, 2.24) is 5.43 Å². The molecule has 0 atom stereocenters. The van der Waals surface area contributed by atoms with Crippen LogP contribution in [-0.2, 0) is 14.3 Å². The van der Waals surface area contributed by atoms with Gasteiger partial charge in [0.15, 0.2) is 5.70 Å². The summed E-state index contributed by atoms with van der Waals surface area (Å²) in [6, 6.07) is 0. The second-order valence-electron chi connectivity index (χ2n) is 3.75. The summed E-state index contributed by atoms with van der Waals surface area (Å²) in [5, 5.41) is 0. The highest BCUT2D eigenvalue weighted by atomic mass is 16.5. The topological polar surface area (TPSA) is 99.6 Å². The van der Waals surface area contributed by atoms with Crippen molar-refractivity contribution in [2.45, 2.75) is 38.2 Å². The third kappa shape index (κ3) is 3.30. The minimum Gasteiger partial charge on any atom is -0.474 e. The van der Waals surface area contributed by atoms with Crippen LogP contribution >= 0.6 is 0 Å². The fourth-order valence-corrected chi connectivity index (χ4v) is 1.75. The molecule has 1 fully saturated rings. The first-order chi connectivity index (χ1) is 7.69. The molecule has 0 heterocycles. The minimum atomic E-state index is -0.629. The van der Waals surface area contributed by atoms with Crippen LogP contribution in [0.2, 0.25) is 0 Å². The molecule has 1 saturated carbocycles. The maximum atomic E-state index is 11.2. The molecule has 0 unspecified atom stereocenters. The summed E-state index contributed by atoms with van der Waals surface area (Å²) in [6.45, 7) is 0. The number of methoxy groups -OCH3 is 1. The Bertz CT molecular complexity index is 272. The van der Waals surface area contributed by atoms with Gasteiger partial charge in [0.2, 0.25) is 5.88 Å². The van der Waals surface area contributed by atoms with E-state index in [0.717, 1.165) is 25.7 Å². The molecule has 6 nitrogen and oxygen atoms in total. The van der Waals surface area contributed by atoms with Crippen LogP contribution < -0.4 is 17.0 Å². The zero-order valence-corrected chi connectivity index (χ0v) is 9.49. The number of ether oxygens (including phenoxy) is 2. The second kappa shape index (κ2) is 6.22. The molecule has 1 aliphatic rings. The molecule has 6 heteroatoms. The van der Waals surface area contributed by atoms with Crippen LogP contribution in [-0.4, -0.2) is 19.2 Å². The zero-order chi connectivity index (χ0) is 12.0. The van der Waals surface area contributed by atoms with Crippen molar-refractivity contribution in [3.05, 3.63) is 11.6 Å². The van der Waals surface area contributed by atoms with Crippen molar-refractivity contribution >= 4 is 5.97 Å². The SMILES string of the molecule is COC(=O)/C(NN)=C(/N)OC1CCCCC1. The number of hydrogen-bond acceptors (Lipinski definition) is 6. The van der Waals surface area contributed by atoms with E-state index in [1.54, 1.807) is 0 Å². The van der Waals surface area contributed by atoms with Crippen LogP contribution in [0.5, 0.6) is 0 Å². The van der Waals surface area contributed by atoms with Crippen LogP contribution in [0.25, 0.3) is 0 Å². The largest absolute Gasteiger partial charge is 0.474 e. The lowest BCUT2D eigenvalue weighted by Gasteiger charge is -2.23. The number of rotatable bonds is 4. The van der Waals surface area contributed by atoms with E-state index in [1.165, 1.54) is 13.5 Å². The summed E-state index contributed by atoms with van der Waals surface area (Å²) in [5.74, 6) is 4.56. The molecule has 92 valence electrons. The second-order valence-corrected chi connectivity index (χ2v) is 3.75. The van der Waals surface area contributed by atoms with Gasteiger partial charge in [-0.05, 0) is 25.7 Å². The predicted octanol–water partition coefficient (Wildman–Crippen LogP) is 0.0998. The average Bonchev–Trinajstić information content (AvgIpc) is 2.31. The van der Waals surface area contributed by atoms with E-state index in [2.05, 4.69) is 10.2 Å². The molecule has 0 spiro atoms. The van der Waals surface area contributed by atoms with E-state index in [9.17, 15) is 4.79 Å². The Balaban J connectivity index is 2.61. The van der Waals surface area contributed by atoms with Crippen molar-refractivity contribution in [2.24, 2.45) is 11.6 Å².